The molecule has 0 bridgehead atoms. The molecule has 0 spiro atoms. The summed E-state index contributed by atoms with van der Waals surface area (Å²) in [6.45, 7) is 8.38. The summed E-state index contributed by atoms with van der Waals surface area (Å²) in [7, 11) is 0. The molecule has 0 radical (unpaired) electrons. The van der Waals surface area contributed by atoms with Crippen molar-refractivity contribution < 1.29 is 4.79 Å². The van der Waals surface area contributed by atoms with E-state index in [1.165, 1.54) is 15.0 Å². The zero-order valence-corrected chi connectivity index (χ0v) is 16.4. The Bertz CT molecular complexity index is 829. The smallest absolute Gasteiger partial charge is 0.262 e. The number of amides is 1. The van der Waals surface area contributed by atoms with E-state index in [4.69, 9.17) is 0 Å². The number of nitrogens with zero attached hydrogens (tertiary/aromatic N) is 3. The van der Waals surface area contributed by atoms with Crippen LogP contribution >= 0.6 is 11.3 Å². The van der Waals surface area contributed by atoms with Crippen molar-refractivity contribution in [3.63, 3.8) is 0 Å². The number of hydrogen-bond donors (Lipinski definition) is 0. The molecule has 25 heavy (non-hydrogen) atoms. The first-order chi connectivity index (χ1) is 12.0. The van der Waals surface area contributed by atoms with Crippen LogP contribution in [0.2, 0.25) is 0 Å². The van der Waals surface area contributed by atoms with Crippen LogP contribution < -0.4 is 5.56 Å². The van der Waals surface area contributed by atoms with Gasteiger partial charge in [-0.1, -0.05) is 13.8 Å². The Hall–Kier alpha value is -1.69. The van der Waals surface area contributed by atoms with Gasteiger partial charge in [-0.15, -0.1) is 11.3 Å². The quantitative estimate of drug-likeness (QED) is 0.793. The Morgan fingerprint density at radius 3 is 2.60 bits per heavy atom. The molecule has 6 heteroatoms. The van der Waals surface area contributed by atoms with Crippen LogP contribution in [0.3, 0.4) is 0 Å². The molecule has 0 fully saturated rings. The maximum atomic E-state index is 12.9. The number of thiophene rings is 1. The van der Waals surface area contributed by atoms with Gasteiger partial charge < -0.3 is 4.90 Å². The van der Waals surface area contributed by atoms with Gasteiger partial charge >= 0.3 is 0 Å². The van der Waals surface area contributed by atoms with Crippen LogP contribution in [0.15, 0.2) is 11.1 Å². The number of carbonyl (C=O) groups excluding carboxylic acids is 1. The van der Waals surface area contributed by atoms with Crippen LogP contribution in [0, 0.1) is 0 Å². The third-order valence-corrected chi connectivity index (χ3v) is 6.62. The summed E-state index contributed by atoms with van der Waals surface area (Å²) >= 11 is 1.63. The Kier molecular flexibility index (Phi) is 5.27. The number of aromatic nitrogens is 2. The summed E-state index contributed by atoms with van der Waals surface area (Å²) in [5.41, 5.74) is 1.10. The Morgan fingerprint density at radius 1 is 1.28 bits per heavy atom. The lowest BCUT2D eigenvalue weighted by Crippen LogP contribution is -2.46. The van der Waals surface area contributed by atoms with Crippen molar-refractivity contribution in [3.05, 3.63) is 27.1 Å². The van der Waals surface area contributed by atoms with Crippen molar-refractivity contribution >= 4 is 27.5 Å². The summed E-state index contributed by atoms with van der Waals surface area (Å²) < 4.78 is 1.49. The average Bonchev–Trinajstić information content (AvgIpc) is 3.17. The van der Waals surface area contributed by atoms with Gasteiger partial charge in [0.15, 0.2) is 0 Å². The molecule has 0 unspecified atom stereocenters. The van der Waals surface area contributed by atoms with E-state index in [0.29, 0.717) is 0 Å². The summed E-state index contributed by atoms with van der Waals surface area (Å²) in [4.78, 5) is 34.4. The number of aryl methyl sites for hydroxylation is 2. The zero-order chi connectivity index (χ0) is 18.1. The second-order valence-electron chi connectivity index (χ2n) is 7.03. The van der Waals surface area contributed by atoms with Gasteiger partial charge in [-0.2, -0.15) is 0 Å². The first kappa shape index (κ1) is 18.1. The van der Waals surface area contributed by atoms with Gasteiger partial charge in [0.2, 0.25) is 5.91 Å². The average molecular weight is 362 g/mol. The molecular formula is C19H27N3O2S. The lowest BCUT2D eigenvalue weighted by molar-refractivity contribution is -0.136. The van der Waals surface area contributed by atoms with Gasteiger partial charge in [0.05, 0.1) is 11.7 Å². The standard InChI is InChI=1S/C19H27N3O2S/c1-5-12(3)22(13(4)6-2)16(23)10-21-11-20-18-17(19(21)24)14-8-7-9-15(14)25-18/h11-13H,5-10H2,1-4H3/t12-,13-/m0/s1. The Labute approximate surface area is 152 Å². The van der Waals surface area contributed by atoms with Gasteiger partial charge in [0, 0.05) is 17.0 Å². The second-order valence-corrected chi connectivity index (χ2v) is 8.11. The molecule has 0 saturated heterocycles. The van der Waals surface area contributed by atoms with Crippen LogP contribution in [0.5, 0.6) is 0 Å². The normalized spacial score (nSPS) is 16.0. The monoisotopic (exact) mass is 361 g/mol. The van der Waals surface area contributed by atoms with Gasteiger partial charge in [0.25, 0.3) is 5.56 Å². The number of rotatable bonds is 6. The highest BCUT2D eigenvalue weighted by Gasteiger charge is 2.25. The molecule has 2 aromatic rings. The van der Waals surface area contributed by atoms with E-state index < -0.39 is 0 Å². The van der Waals surface area contributed by atoms with Crippen molar-refractivity contribution in [1.82, 2.24) is 14.5 Å². The molecule has 5 nitrogen and oxygen atoms in total. The Balaban J connectivity index is 1.93. The molecule has 2 heterocycles. The summed E-state index contributed by atoms with van der Waals surface area (Å²) in [6.07, 6.45) is 6.46. The van der Waals surface area contributed by atoms with Crippen molar-refractivity contribution in [2.45, 2.75) is 78.4 Å². The molecule has 1 amide bonds. The van der Waals surface area contributed by atoms with E-state index in [0.717, 1.165) is 42.3 Å². The highest BCUT2D eigenvalue weighted by molar-refractivity contribution is 7.18. The van der Waals surface area contributed by atoms with Crippen LogP contribution in [0.4, 0.5) is 0 Å². The highest BCUT2D eigenvalue weighted by atomic mass is 32.1. The van der Waals surface area contributed by atoms with Crippen LogP contribution in [0.25, 0.3) is 10.2 Å². The molecule has 1 aliphatic carbocycles. The maximum Gasteiger partial charge on any atom is 0.262 e. The van der Waals surface area contributed by atoms with Crippen molar-refractivity contribution in [2.75, 3.05) is 0 Å². The van der Waals surface area contributed by atoms with Gasteiger partial charge in [-0.05, 0) is 51.5 Å². The maximum absolute atomic E-state index is 12.9. The molecule has 3 rings (SSSR count). The fourth-order valence-corrected chi connectivity index (χ4v) is 4.90. The van der Waals surface area contributed by atoms with E-state index in [1.807, 2.05) is 4.90 Å². The van der Waals surface area contributed by atoms with E-state index >= 15 is 0 Å². The fourth-order valence-electron chi connectivity index (χ4n) is 3.68. The third kappa shape index (κ3) is 3.24. The molecule has 0 N–H and O–H groups in total. The molecule has 2 aromatic heterocycles. The zero-order valence-electron chi connectivity index (χ0n) is 15.5. The summed E-state index contributed by atoms with van der Waals surface area (Å²) in [5, 5.41) is 0.742. The second kappa shape index (κ2) is 7.28. The molecule has 2 atom stereocenters. The summed E-state index contributed by atoms with van der Waals surface area (Å²) in [5.74, 6) is -0.00109. The van der Waals surface area contributed by atoms with Crippen molar-refractivity contribution in [1.29, 1.82) is 0 Å². The van der Waals surface area contributed by atoms with E-state index in [2.05, 4.69) is 32.7 Å². The number of hydrogen-bond acceptors (Lipinski definition) is 4. The van der Waals surface area contributed by atoms with E-state index in [-0.39, 0.29) is 30.1 Å². The minimum atomic E-state index is -0.0639. The Morgan fingerprint density at radius 2 is 1.96 bits per heavy atom. The van der Waals surface area contributed by atoms with E-state index in [1.54, 1.807) is 17.7 Å². The molecule has 0 saturated carbocycles. The minimum absolute atomic E-state index is 0.00109. The molecule has 0 aliphatic heterocycles. The number of carbonyl (C=O) groups is 1. The largest absolute Gasteiger partial charge is 0.336 e. The minimum Gasteiger partial charge on any atom is -0.336 e. The van der Waals surface area contributed by atoms with Gasteiger partial charge in [-0.3, -0.25) is 14.2 Å². The number of fused-ring (bicyclic) bond motifs is 3. The first-order valence-electron chi connectivity index (χ1n) is 9.28. The van der Waals surface area contributed by atoms with Gasteiger partial charge in [-0.25, -0.2) is 4.98 Å². The highest BCUT2D eigenvalue weighted by Crippen LogP contribution is 2.34. The fraction of sp³-hybridized carbons (Fsp3) is 0.632. The predicted molar refractivity (Wildman–Crippen MR) is 102 cm³/mol. The van der Waals surface area contributed by atoms with Crippen LogP contribution in [-0.2, 0) is 24.2 Å². The molecule has 136 valence electrons. The lowest BCUT2D eigenvalue weighted by Gasteiger charge is -2.34. The van der Waals surface area contributed by atoms with Crippen LogP contribution in [0.1, 0.15) is 57.4 Å². The van der Waals surface area contributed by atoms with Crippen LogP contribution in [-0.4, -0.2) is 32.4 Å². The van der Waals surface area contributed by atoms with Crippen molar-refractivity contribution in [2.24, 2.45) is 0 Å². The molecule has 1 aliphatic rings. The van der Waals surface area contributed by atoms with Crippen molar-refractivity contribution in [3.8, 4) is 0 Å². The summed E-state index contributed by atoms with van der Waals surface area (Å²) in [6, 6.07) is 0.334. The SMILES string of the molecule is CC[C@H](C)N(C(=O)Cn1cnc2sc3c(c2c1=O)CCC3)[C@@H](C)CC. The topological polar surface area (TPSA) is 55.2 Å². The van der Waals surface area contributed by atoms with Gasteiger partial charge in [0.1, 0.15) is 11.4 Å². The lowest BCUT2D eigenvalue weighted by atomic mass is 10.1. The first-order valence-corrected chi connectivity index (χ1v) is 10.1. The third-order valence-electron chi connectivity index (χ3n) is 5.42. The molecule has 0 aromatic carbocycles. The predicted octanol–water partition coefficient (Wildman–Crippen LogP) is 3.37. The van der Waals surface area contributed by atoms with E-state index in [9.17, 15) is 9.59 Å². The molecular weight excluding hydrogens is 334 g/mol.